The van der Waals surface area contributed by atoms with Crippen LogP contribution in [-0.2, 0) is 24.2 Å². The molecule has 1 atom stereocenters. The van der Waals surface area contributed by atoms with Gasteiger partial charge in [-0.3, -0.25) is 4.79 Å². The van der Waals surface area contributed by atoms with E-state index in [2.05, 4.69) is 30.1 Å². The molecule has 1 aromatic carbocycles. The van der Waals surface area contributed by atoms with E-state index in [1.54, 1.807) is 6.92 Å². The average molecular weight is 261 g/mol. The second kappa shape index (κ2) is 6.20. The zero-order chi connectivity index (χ0) is 13.8. The third-order valence-corrected chi connectivity index (χ3v) is 3.98. The van der Waals surface area contributed by atoms with Crippen LogP contribution in [0.25, 0.3) is 0 Å². The lowest BCUT2D eigenvalue weighted by atomic mass is 10.1. The molecule has 1 aliphatic rings. The van der Waals surface area contributed by atoms with Crippen molar-refractivity contribution in [2.45, 2.75) is 39.2 Å². The molecule has 0 radical (unpaired) electrons. The normalized spacial score (nSPS) is 15.5. The molecular weight excluding hydrogens is 238 g/mol. The Balaban J connectivity index is 1.85. The number of carboxylic acids is 1. The van der Waals surface area contributed by atoms with Crippen LogP contribution in [0.1, 0.15) is 36.5 Å². The maximum atomic E-state index is 10.8. The van der Waals surface area contributed by atoms with Crippen LogP contribution in [0.4, 0.5) is 0 Å². The first-order chi connectivity index (χ1) is 9.06. The van der Waals surface area contributed by atoms with E-state index in [1.807, 2.05) is 0 Å². The van der Waals surface area contributed by atoms with Crippen LogP contribution in [0.15, 0.2) is 18.2 Å². The summed E-state index contributed by atoms with van der Waals surface area (Å²) in [6, 6.07) is 6.78. The summed E-state index contributed by atoms with van der Waals surface area (Å²) in [6.45, 7) is 3.50. The van der Waals surface area contributed by atoms with E-state index in [0.29, 0.717) is 6.42 Å². The Kier molecular flexibility index (Phi) is 4.59. The molecule has 0 spiro atoms. The number of hydrogen-bond donors (Lipinski definition) is 1. The molecule has 0 aromatic heterocycles. The van der Waals surface area contributed by atoms with Gasteiger partial charge in [-0.15, -0.1) is 0 Å². The number of rotatable bonds is 6. The highest BCUT2D eigenvalue weighted by atomic mass is 16.4. The predicted octanol–water partition coefficient (Wildman–Crippen LogP) is 2.72. The van der Waals surface area contributed by atoms with Gasteiger partial charge < -0.3 is 10.0 Å². The topological polar surface area (TPSA) is 40.5 Å². The van der Waals surface area contributed by atoms with E-state index in [0.717, 1.165) is 13.1 Å². The van der Waals surface area contributed by atoms with Gasteiger partial charge in [-0.2, -0.15) is 0 Å². The fourth-order valence-corrected chi connectivity index (χ4v) is 2.65. The van der Waals surface area contributed by atoms with Crippen molar-refractivity contribution in [1.82, 2.24) is 4.90 Å². The molecule has 0 bridgehead atoms. The van der Waals surface area contributed by atoms with Crippen LogP contribution in [0.2, 0.25) is 0 Å². The van der Waals surface area contributed by atoms with Gasteiger partial charge in [-0.05, 0) is 56.0 Å². The highest BCUT2D eigenvalue weighted by molar-refractivity contribution is 5.69. The van der Waals surface area contributed by atoms with E-state index in [-0.39, 0.29) is 5.92 Å². The van der Waals surface area contributed by atoms with E-state index in [4.69, 9.17) is 5.11 Å². The van der Waals surface area contributed by atoms with Crippen LogP contribution in [0.3, 0.4) is 0 Å². The number of nitrogens with zero attached hydrogens (tertiary/aromatic N) is 1. The van der Waals surface area contributed by atoms with Gasteiger partial charge in [0.25, 0.3) is 0 Å². The first kappa shape index (κ1) is 14.1. The minimum absolute atomic E-state index is 0.262. The van der Waals surface area contributed by atoms with Crippen molar-refractivity contribution in [3.63, 3.8) is 0 Å². The van der Waals surface area contributed by atoms with Crippen molar-refractivity contribution in [2.24, 2.45) is 5.92 Å². The molecule has 0 fully saturated rings. The number of benzene rings is 1. The molecule has 1 aliphatic carbocycles. The van der Waals surface area contributed by atoms with E-state index in [9.17, 15) is 4.79 Å². The zero-order valence-corrected chi connectivity index (χ0v) is 11.9. The number of fused-ring (bicyclic) bond motifs is 1. The van der Waals surface area contributed by atoms with Crippen LogP contribution in [-0.4, -0.2) is 29.6 Å². The van der Waals surface area contributed by atoms with E-state index in [1.165, 1.54) is 36.0 Å². The lowest BCUT2D eigenvalue weighted by Gasteiger charge is -2.18. The number of aryl methyl sites for hydroxylation is 2. The smallest absolute Gasteiger partial charge is 0.306 e. The van der Waals surface area contributed by atoms with E-state index >= 15 is 0 Å². The van der Waals surface area contributed by atoms with Gasteiger partial charge in [0.05, 0.1) is 5.92 Å². The molecule has 0 aliphatic heterocycles. The van der Waals surface area contributed by atoms with Crippen LogP contribution < -0.4 is 0 Å². The Morgan fingerprint density at radius 3 is 2.84 bits per heavy atom. The molecule has 2 rings (SSSR count). The third kappa shape index (κ3) is 3.80. The Labute approximate surface area is 115 Å². The van der Waals surface area contributed by atoms with Gasteiger partial charge in [-0.25, -0.2) is 0 Å². The minimum atomic E-state index is -0.703. The van der Waals surface area contributed by atoms with Crippen LogP contribution >= 0.6 is 0 Å². The zero-order valence-electron chi connectivity index (χ0n) is 11.9. The van der Waals surface area contributed by atoms with Crippen LogP contribution in [0, 0.1) is 5.92 Å². The summed E-state index contributed by atoms with van der Waals surface area (Å²) in [5.41, 5.74) is 4.35. The lowest BCUT2D eigenvalue weighted by molar-refractivity contribution is -0.141. The van der Waals surface area contributed by atoms with Crippen LogP contribution in [0.5, 0.6) is 0 Å². The maximum absolute atomic E-state index is 10.8. The summed E-state index contributed by atoms with van der Waals surface area (Å²) in [5.74, 6) is -0.964. The Morgan fingerprint density at radius 1 is 1.37 bits per heavy atom. The monoisotopic (exact) mass is 261 g/mol. The SMILES string of the molecule is CC(CCN(C)Cc1ccc2c(c1)CCC2)C(=O)O. The van der Waals surface area contributed by atoms with Gasteiger partial charge in [0.2, 0.25) is 0 Å². The minimum Gasteiger partial charge on any atom is -0.481 e. The summed E-state index contributed by atoms with van der Waals surface area (Å²) >= 11 is 0. The van der Waals surface area contributed by atoms with E-state index < -0.39 is 5.97 Å². The number of aliphatic carboxylic acids is 1. The Hall–Kier alpha value is -1.35. The highest BCUT2D eigenvalue weighted by Gasteiger charge is 2.13. The molecule has 3 nitrogen and oxygen atoms in total. The molecule has 0 saturated heterocycles. The fourth-order valence-electron chi connectivity index (χ4n) is 2.65. The quantitative estimate of drug-likeness (QED) is 0.856. The van der Waals surface area contributed by atoms with Crippen molar-refractivity contribution in [2.75, 3.05) is 13.6 Å². The summed E-state index contributed by atoms with van der Waals surface area (Å²) in [4.78, 5) is 13.0. The first-order valence-corrected chi connectivity index (χ1v) is 7.08. The molecule has 1 unspecified atom stereocenters. The Bertz CT molecular complexity index is 456. The summed E-state index contributed by atoms with van der Waals surface area (Å²) in [6.07, 6.45) is 4.42. The molecule has 104 valence electrons. The molecular formula is C16H23NO2. The fraction of sp³-hybridized carbons (Fsp3) is 0.562. The lowest BCUT2D eigenvalue weighted by Crippen LogP contribution is -2.23. The number of hydrogen-bond acceptors (Lipinski definition) is 2. The van der Waals surface area contributed by atoms with Gasteiger partial charge in [0, 0.05) is 6.54 Å². The summed E-state index contributed by atoms with van der Waals surface area (Å²) < 4.78 is 0. The largest absolute Gasteiger partial charge is 0.481 e. The highest BCUT2D eigenvalue weighted by Crippen LogP contribution is 2.23. The molecule has 3 heteroatoms. The van der Waals surface area contributed by atoms with Crippen molar-refractivity contribution in [3.05, 3.63) is 34.9 Å². The van der Waals surface area contributed by atoms with Crippen molar-refractivity contribution in [3.8, 4) is 0 Å². The average Bonchev–Trinajstić information content (AvgIpc) is 2.83. The number of carbonyl (C=O) groups is 1. The molecule has 1 aromatic rings. The van der Waals surface area contributed by atoms with Crippen molar-refractivity contribution >= 4 is 5.97 Å². The van der Waals surface area contributed by atoms with Gasteiger partial charge >= 0.3 is 5.97 Å². The summed E-state index contributed by atoms with van der Waals surface area (Å²) in [5, 5.41) is 8.87. The third-order valence-electron chi connectivity index (χ3n) is 3.98. The van der Waals surface area contributed by atoms with Gasteiger partial charge in [0.15, 0.2) is 0 Å². The molecule has 1 N–H and O–H groups in total. The summed E-state index contributed by atoms with van der Waals surface area (Å²) in [7, 11) is 2.06. The first-order valence-electron chi connectivity index (χ1n) is 7.08. The molecule has 0 amide bonds. The standard InChI is InChI=1S/C16H23NO2/c1-12(16(18)19)8-9-17(2)11-13-6-7-14-4-3-5-15(14)10-13/h6-7,10,12H,3-5,8-9,11H2,1-2H3,(H,18,19). The Morgan fingerprint density at radius 2 is 2.11 bits per heavy atom. The second-order valence-electron chi connectivity index (χ2n) is 5.72. The van der Waals surface area contributed by atoms with Crippen molar-refractivity contribution < 1.29 is 9.90 Å². The van der Waals surface area contributed by atoms with Gasteiger partial charge in [0.1, 0.15) is 0 Å². The molecule has 0 saturated carbocycles. The molecule has 19 heavy (non-hydrogen) atoms. The number of carboxylic acid groups (broad SMARTS) is 1. The second-order valence-corrected chi connectivity index (χ2v) is 5.72. The van der Waals surface area contributed by atoms with Crippen molar-refractivity contribution in [1.29, 1.82) is 0 Å². The predicted molar refractivity (Wildman–Crippen MR) is 76.2 cm³/mol. The van der Waals surface area contributed by atoms with Gasteiger partial charge in [-0.1, -0.05) is 25.1 Å². The maximum Gasteiger partial charge on any atom is 0.306 e. The molecule has 0 heterocycles.